The van der Waals surface area contributed by atoms with Crippen molar-refractivity contribution in [2.45, 2.75) is 32.4 Å². The van der Waals surface area contributed by atoms with Crippen molar-refractivity contribution in [1.29, 1.82) is 0 Å². The normalized spacial score (nSPS) is 18.8. The molecule has 1 aromatic carbocycles. The number of carbonyl (C=O) groups is 1. The second-order valence-electron chi connectivity index (χ2n) is 5.41. The Morgan fingerprint density at radius 2 is 2.00 bits per heavy atom. The Bertz CT molecular complexity index is 653. The molecule has 2 unspecified atom stereocenters. The van der Waals surface area contributed by atoms with E-state index in [0.29, 0.717) is 12.0 Å². The van der Waals surface area contributed by atoms with E-state index in [4.69, 9.17) is 0 Å². The predicted molar refractivity (Wildman–Crippen MR) is 96.7 cm³/mol. The van der Waals surface area contributed by atoms with Gasteiger partial charge in [-0.05, 0) is 31.2 Å². The molecule has 0 aliphatic carbocycles. The summed E-state index contributed by atoms with van der Waals surface area (Å²) in [6.07, 6.45) is 2.97. The van der Waals surface area contributed by atoms with E-state index in [2.05, 4.69) is 20.3 Å². The molecule has 8 heteroatoms. The molecule has 2 N–H and O–H groups in total. The van der Waals surface area contributed by atoms with E-state index in [1.807, 2.05) is 25.8 Å². The highest BCUT2D eigenvalue weighted by Crippen LogP contribution is 2.31. The summed E-state index contributed by atoms with van der Waals surface area (Å²) in [5.74, 6) is -0.943. The summed E-state index contributed by atoms with van der Waals surface area (Å²) in [6, 6.07) is 5.47. The molecule has 1 aliphatic heterocycles. The summed E-state index contributed by atoms with van der Waals surface area (Å²) in [5, 5.41) is 9.07. The molecule has 1 amide bonds. The Kier molecular flexibility index (Phi) is 9.29. The lowest BCUT2D eigenvalue weighted by molar-refractivity contribution is -0.110. The molecular weight excluding hydrogens is 342 g/mol. The maximum absolute atomic E-state index is 13.2. The number of hydrogen-bond acceptors (Lipinski definition) is 5. The molecule has 0 radical (unpaired) electrons. The predicted octanol–water partition coefficient (Wildman–Crippen LogP) is 3.20. The van der Waals surface area contributed by atoms with Crippen LogP contribution in [0.3, 0.4) is 0 Å². The highest BCUT2D eigenvalue weighted by atomic mass is 19.2. The number of nitrogens with one attached hydrogen (secondary N) is 2. The molecule has 0 spiro atoms. The van der Waals surface area contributed by atoms with Gasteiger partial charge in [-0.1, -0.05) is 25.1 Å². The molecule has 1 saturated heterocycles. The molecule has 1 fully saturated rings. The van der Waals surface area contributed by atoms with Gasteiger partial charge in [0.1, 0.15) is 6.26 Å². The molecule has 6 nitrogen and oxygen atoms in total. The standard InChI is InChI=1S/C12H14F2N2O.C4H6N2O.C2H6/c1-16-5-4-11(15-7-17)12(16)8-2-3-9(13)10(14)6-8;1-5-4-2-3-7-6-4;1-2/h2-3,6-7,11-12H,4-5H2,1H3,(H,15,17);2-3H,1H3,(H,5,6);1-2H3. The van der Waals surface area contributed by atoms with Gasteiger partial charge >= 0.3 is 0 Å². The number of aromatic nitrogens is 1. The van der Waals surface area contributed by atoms with Crippen LogP contribution in [-0.2, 0) is 4.79 Å². The lowest BCUT2D eigenvalue weighted by atomic mass is 10.0. The van der Waals surface area contributed by atoms with Crippen LogP contribution in [0.25, 0.3) is 0 Å². The van der Waals surface area contributed by atoms with Crippen LogP contribution in [0.15, 0.2) is 35.1 Å². The first-order chi connectivity index (χ1) is 12.6. The molecule has 144 valence electrons. The third-order valence-corrected chi connectivity index (χ3v) is 3.91. The van der Waals surface area contributed by atoms with Gasteiger partial charge in [-0.15, -0.1) is 0 Å². The van der Waals surface area contributed by atoms with Crippen molar-refractivity contribution in [2.75, 3.05) is 26.0 Å². The van der Waals surface area contributed by atoms with Gasteiger partial charge in [0.05, 0.1) is 6.04 Å². The highest BCUT2D eigenvalue weighted by Gasteiger charge is 2.33. The first kappa shape index (κ1) is 21.6. The Balaban J connectivity index is 0.000000313. The maximum Gasteiger partial charge on any atom is 0.207 e. The van der Waals surface area contributed by atoms with Crippen LogP contribution in [0.1, 0.15) is 31.9 Å². The highest BCUT2D eigenvalue weighted by molar-refractivity contribution is 5.47. The van der Waals surface area contributed by atoms with Crippen molar-refractivity contribution in [2.24, 2.45) is 0 Å². The number of halogens is 2. The molecule has 1 aromatic heterocycles. The van der Waals surface area contributed by atoms with Crippen molar-refractivity contribution in [1.82, 2.24) is 15.4 Å². The minimum Gasteiger partial charge on any atom is -0.370 e. The maximum atomic E-state index is 13.2. The Morgan fingerprint density at radius 1 is 1.27 bits per heavy atom. The average molecular weight is 368 g/mol. The van der Waals surface area contributed by atoms with Crippen molar-refractivity contribution in [3.05, 3.63) is 47.7 Å². The van der Waals surface area contributed by atoms with Gasteiger partial charge in [-0.25, -0.2) is 8.78 Å². The smallest absolute Gasteiger partial charge is 0.207 e. The zero-order chi connectivity index (χ0) is 19.5. The SMILES string of the molecule is CC.CN1CCC(NC=O)C1c1ccc(F)c(F)c1.CNc1ccon1. The summed E-state index contributed by atoms with van der Waals surface area (Å²) in [4.78, 5) is 12.5. The van der Waals surface area contributed by atoms with Crippen molar-refractivity contribution in [3.8, 4) is 0 Å². The number of carbonyl (C=O) groups excluding carboxylic acids is 1. The Labute approximate surface area is 152 Å². The van der Waals surface area contributed by atoms with Gasteiger partial charge in [0.25, 0.3) is 0 Å². The van der Waals surface area contributed by atoms with Crippen molar-refractivity contribution < 1.29 is 18.1 Å². The number of likely N-dealkylation sites (tertiary alicyclic amines) is 1. The zero-order valence-electron chi connectivity index (χ0n) is 15.5. The largest absolute Gasteiger partial charge is 0.370 e. The lowest BCUT2D eigenvalue weighted by Gasteiger charge is -2.25. The summed E-state index contributed by atoms with van der Waals surface area (Å²) in [5.41, 5.74) is 0.684. The molecular formula is C18H26F2N4O2. The molecule has 0 bridgehead atoms. The number of benzene rings is 1. The summed E-state index contributed by atoms with van der Waals surface area (Å²) >= 11 is 0. The average Bonchev–Trinajstić information content (AvgIpc) is 3.30. The fourth-order valence-electron chi connectivity index (χ4n) is 2.73. The van der Waals surface area contributed by atoms with E-state index in [0.717, 1.165) is 24.8 Å². The van der Waals surface area contributed by atoms with Gasteiger partial charge in [0.15, 0.2) is 17.5 Å². The fourth-order valence-corrected chi connectivity index (χ4v) is 2.73. The molecule has 2 atom stereocenters. The van der Waals surface area contributed by atoms with E-state index in [1.54, 1.807) is 19.2 Å². The second kappa shape index (κ2) is 11.2. The second-order valence-corrected chi connectivity index (χ2v) is 5.41. The van der Waals surface area contributed by atoms with E-state index >= 15 is 0 Å². The quantitative estimate of drug-likeness (QED) is 0.811. The van der Waals surface area contributed by atoms with Crippen LogP contribution in [0.5, 0.6) is 0 Å². The van der Waals surface area contributed by atoms with Gasteiger partial charge in [0, 0.05) is 25.7 Å². The number of hydrogen-bond donors (Lipinski definition) is 2. The summed E-state index contributed by atoms with van der Waals surface area (Å²) in [6.45, 7) is 4.81. The first-order valence-electron chi connectivity index (χ1n) is 8.49. The van der Waals surface area contributed by atoms with Crippen LogP contribution in [0, 0.1) is 11.6 Å². The van der Waals surface area contributed by atoms with Crippen LogP contribution in [-0.4, -0.2) is 43.1 Å². The zero-order valence-corrected chi connectivity index (χ0v) is 15.5. The van der Waals surface area contributed by atoms with E-state index < -0.39 is 11.6 Å². The van der Waals surface area contributed by atoms with Crippen LogP contribution < -0.4 is 10.6 Å². The van der Waals surface area contributed by atoms with Crippen LogP contribution >= 0.6 is 0 Å². The van der Waals surface area contributed by atoms with Gasteiger partial charge in [-0.3, -0.25) is 9.69 Å². The Morgan fingerprint density at radius 3 is 2.50 bits per heavy atom. The monoisotopic (exact) mass is 368 g/mol. The van der Waals surface area contributed by atoms with Crippen LogP contribution in [0.2, 0.25) is 0 Å². The number of likely N-dealkylation sites (N-methyl/N-ethyl adjacent to an activating group) is 1. The summed E-state index contributed by atoms with van der Waals surface area (Å²) in [7, 11) is 3.69. The number of amides is 1. The van der Waals surface area contributed by atoms with E-state index in [1.165, 1.54) is 12.3 Å². The van der Waals surface area contributed by atoms with Gasteiger partial charge in [0.2, 0.25) is 6.41 Å². The molecule has 26 heavy (non-hydrogen) atoms. The minimum absolute atomic E-state index is 0.0534. The third-order valence-electron chi connectivity index (χ3n) is 3.91. The van der Waals surface area contributed by atoms with E-state index in [-0.39, 0.29) is 12.1 Å². The lowest BCUT2D eigenvalue weighted by Crippen LogP contribution is -2.34. The number of anilines is 1. The van der Waals surface area contributed by atoms with Gasteiger partial charge in [-0.2, -0.15) is 0 Å². The molecule has 2 aromatic rings. The molecule has 0 saturated carbocycles. The fraction of sp³-hybridized carbons (Fsp3) is 0.444. The van der Waals surface area contributed by atoms with Crippen LogP contribution in [0.4, 0.5) is 14.6 Å². The molecule has 3 rings (SSSR count). The molecule has 1 aliphatic rings. The van der Waals surface area contributed by atoms with E-state index in [9.17, 15) is 13.6 Å². The topological polar surface area (TPSA) is 70.4 Å². The summed E-state index contributed by atoms with van der Waals surface area (Å²) < 4.78 is 30.5. The van der Waals surface area contributed by atoms with Crippen molar-refractivity contribution in [3.63, 3.8) is 0 Å². The number of nitrogens with zero attached hydrogens (tertiary/aromatic N) is 2. The first-order valence-corrected chi connectivity index (χ1v) is 8.49. The molecule has 2 heterocycles. The Hall–Kier alpha value is -2.48. The van der Waals surface area contributed by atoms with Crippen molar-refractivity contribution >= 4 is 12.2 Å². The minimum atomic E-state index is -0.854. The number of rotatable bonds is 4. The third kappa shape index (κ3) is 5.80. The van der Waals surface area contributed by atoms with Gasteiger partial charge < -0.3 is 15.2 Å².